The Morgan fingerprint density at radius 2 is 2.00 bits per heavy atom. The predicted octanol–water partition coefficient (Wildman–Crippen LogP) is 2.55. The normalized spacial score (nSPS) is 31.3. The Bertz CT molecular complexity index is 423. The molecule has 1 aromatic heterocycles. The van der Waals surface area contributed by atoms with E-state index in [9.17, 15) is 0 Å². The lowest BCUT2D eigenvalue weighted by Crippen LogP contribution is -2.58. The zero-order valence-electron chi connectivity index (χ0n) is 12.8. The van der Waals surface area contributed by atoms with Crippen molar-refractivity contribution in [3.8, 4) is 0 Å². The maximum absolute atomic E-state index is 5.56. The molecule has 0 aromatic carbocycles. The number of nitrogens with zero attached hydrogens (tertiary/aromatic N) is 3. The van der Waals surface area contributed by atoms with Crippen LogP contribution in [0.2, 0.25) is 0 Å². The highest BCUT2D eigenvalue weighted by atomic mass is 16.5. The van der Waals surface area contributed by atoms with Crippen LogP contribution in [0, 0.1) is 5.41 Å². The average Bonchev–Trinajstić information content (AvgIpc) is 2.91. The number of ether oxygens (including phenoxy) is 1. The van der Waals surface area contributed by atoms with Crippen LogP contribution in [-0.4, -0.2) is 46.5 Å². The van der Waals surface area contributed by atoms with Crippen LogP contribution in [-0.2, 0) is 11.3 Å². The molecule has 0 N–H and O–H groups in total. The molecule has 3 rings (SSSR count). The van der Waals surface area contributed by atoms with Gasteiger partial charge in [-0.15, -0.1) is 0 Å². The van der Waals surface area contributed by atoms with Gasteiger partial charge in [-0.1, -0.05) is 20.3 Å². The van der Waals surface area contributed by atoms with E-state index in [0.29, 0.717) is 5.41 Å². The van der Waals surface area contributed by atoms with Crippen molar-refractivity contribution >= 4 is 0 Å². The van der Waals surface area contributed by atoms with Gasteiger partial charge in [0.05, 0.1) is 19.8 Å². The second-order valence-corrected chi connectivity index (χ2v) is 7.22. The first-order valence-corrected chi connectivity index (χ1v) is 7.90. The molecule has 2 fully saturated rings. The summed E-state index contributed by atoms with van der Waals surface area (Å²) in [5, 5.41) is 4.46. The van der Waals surface area contributed by atoms with Crippen molar-refractivity contribution < 1.29 is 4.74 Å². The lowest BCUT2D eigenvalue weighted by Gasteiger charge is -2.52. The highest BCUT2D eigenvalue weighted by Crippen LogP contribution is 2.45. The van der Waals surface area contributed by atoms with E-state index < -0.39 is 0 Å². The second-order valence-electron chi connectivity index (χ2n) is 7.22. The van der Waals surface area contributed by atoms with Crippen molar-refractivity contribution in [1.82, 2.24) is 14.7 Å². The minimum atomic E-state index is 0.261. The Kier molecular flexibility index (Phi) is 3.87. The summed E-state index contributed by atoms with van der Waals surface area (Å²) >= 11 is 0. The van der Waals surface area contributed by atoms with Crippen molar-refractivity contribution in [2.75, 3.05) is 26.3 Å². The van der Waals surface area contributed by atoms with E-state index in [-0.39, 0.29) is 5.54 Å². The van der Waals surface area contributed by atoms with Gasteiger partial charge in [0, 0.05) is 31.0 Å². The van der Waals surface area contributed by atoms with E-state index in [1.165, 1.54) is 25.7 Å². The molecule has 4 nitrogen and oxygen atoms in total. The monoisotopic (exact) mass is 277 g/mol. The Hall–Kier alpha value is -0.870. The summed E-state index contributed by atoms with van der Waals surface area (Å²) in [5.74, 6) is 0. The molecule has 1 aromatic rings. The Morgan fingerprint density at radius 1 is 1.20 bits per heavy atom. The van der Waals surface area contributed by atoms with Crippen LogP contribution in [0.5, 0.6) is 0 Å². The molecule has 1 saturated heterocycles. The summed E-state index contributed by atoms with van der Waals surface area (Å²) in [4.78, 5) is 2.68. The Labute approximate surface area is 122 Å². The molecule has 1 aliphatic heterocycles. The molecule has 20 heavy (non-hydrogen) atoms. The molecular formula is C16H27N3O. The van der Waals surface area contributed by atoms with Gasteiger partial charge < -0.3 is 4.74 Å². The van der Waals surface area contributed by atoms with Crippen molar-refractivity contribution in [3.05, 3.63) is 18.5 Å². The molecule has 1 atom stereocenters. The fourth-order valence-electron chi connectivity index (χ4n) is 4.20. The van der Waals surface area contributed by atoms with Crippen molar-refractivity contribution in [1.29, 1.82) is 0 Å². The van der Waals surface area contributed by atoms with E-state index in [1.54, 1.807) is 0 Å². The van der Waals surface area contributed by atoms with Gasteiger partial charge in [0.15, 0.2) is 0 Å². The van der Waals surface area contributed by atoms with Crippen LogP contribution >= 0.6 is 0 Å². The molecule has 0 amide bonds. The van der Waals surface area contributed by atoms with Gasteiger partial charge in [0.25, 0.3) is 0 Å². The number of morpholine rings is 1. The minimum absolute atomic E-state index is 0.261. The summed E-state index contributed by atoms with van der Waals surface area (Å²) in [7, 11) is 0. The maximum atomic E-state index is 5.56. The van der Waals surface area contributed by atoms with Gasteiger partial charge in [-0.2, -0.15) is 5.10 Å². The smallest absolute Gasteiger partial charge is 0.0594 e. The first-order valence-electron chi connectivity index (χ1n) is 7.90. The quantitative estimate of drug-likeness (QED) is 0.850. The third-order valence-electron chi connectivity index (χ3n) is 5.00. The van der Waals surface area contributed by atoms with Gasteiger partial charge >= 0.3 is 0 Å². The Balaban J connectivity index is 1.85. The zero-order chi connectivity index (χ0) is 14.1. The second kappa shape index (κ2) is 5.49. The molecule has 0 bridgehead atoms. The molecule has 0 radical (unpaired) electrons. The van der Waals surface area contributed by atoms with Crippen molar-refractivity contribution in [2.45, 2.75) is 51.6 Å². The van der Waals surface area contributed by atoms with Crippen molar-refractivity contribution in [2.24, 2.45) is 5.41 Å². The van der Waals surface area contributed by atoms with Gasteiger partial charge in [-0.3, -0.25) is 9.58 Å². The molecule has 2 heterocycles. The minimum Gasteiger partial charge on any atom is -0.379 e. The van der Waals surface area contributed by atoms with Crippen LogP contribution in [0.1, 0.15) is 39.5 Å². The number of aromatic nitrogens is 2. The summed E-state index contributed by atoms with van der Waals surface area (Å²) in [6.45, 7) is 9.75. The number of hydrogen-bond acceptors (Lipinski definition) is 3. The van der Waals surface area contributed by atoms with Crippen LogP contribution in [0.15, 0.2) is 18.5 Å². The summed E-state index contributed by atoms with van der Waals surface area (Å²) in [6, 6.07) is 2.03. The number of hydrogen-bond donors (Lipinski definition) is 0. The van der Waals surface area contributed by atoms with Gasteiger partial charge in [0.2, 0.25) is 0 Å². The third kappa shape index (κ3) is 2.91. The van der Waals surface area contributed by atoms with E-state index >= 15 is 0 Å². The van der Waals surface area contributed by atoms with Crippen LogP contribution in [0.25, 0.3) is 0 Å². The number of rotatable bonds is 3. The lowest BCUT2D eigenvalue weighted by molar-refractivity contribution is -0.0663. The molecule has 4 heteroatoms. The lowest BCUT2D eigenvalue weighted by atomic mass is 9.67. The maximum Gasteiger partial charge on any atom is 0.0594 e. The third-order valence-corrected chi connectivity index (χ3v) is 5.00. The molecular weight excluding hydrogens is 250 g/mol. The highest BCUT2D eigenvalue weighted by molar-refractivity contribution is 4.99. The summed E-state index contributed by atoms with van der Waals surface area (Å²) in [6.07, 6.45) is 9.21. The van der Waals surface area contributed by atoms with Gasteiger partial charge in [-0.25, -0.2) is 0 Å². The van der Waals surface area contributed by atoms with Gasteiger partial charge in [-0.05, 0) is 30.7 Å². The van der Waals surface area contributed by atoms with E-state index in [0.717, 1.165) is 32.8 Å². The molecule has 2 aliphatic rings. The first kappa shape index (κ1) is 14.1. The highest BCUT2D eigenvalue weighted by Gasteiger charge is 2.44. The molecule has 1 aliphatic carbocycles. The van der Waals surface area contributed by atoms with Crippen molar-refractivity contribution in [3.63, 3.8) is 0 Å². The molecule has 1 unspecified atom stereocenters. The summed E-state index contributed by atoms with van der Waals surface area (Å²) < 4.78 is 7.68. The van der Waals surface area contributed by atoms with E-state index in [1.807, 2.05) is 12.3 Å². The SMILES string of the molecule is CC1(C)CCCC(Cn2cccn2)(N2CCOCC2)C1. The fourth-order valence-corrected chi connectivity index (χ4v) is 4.20. The standard InChI is InChI=1S/C16H27N3O/c1-15(2)5-3-6-16(13-15,14-19-8-4-7-17-19)18-9-11-20-12-10-18/h4,7-8H,3,5-6,9-14H2,1-2H3. The van der Waals surface area contributed by atoms with Gasteiger partial charge in [0.1, 0.15) is 0 Å². The van der Waals surface area contributed by atoms with Crippen LogP contribution in [0.3, 0.4) is 0 Å². The predicted molar refractivity (Wildman–Crippen MR) is 79.6 cm³/mol. The Morgan fingerprint density at radius 3 is 2.65 bits per heavy atom. The fraction of sp³-hybridized carbons (Fsp3) is 0.812. The topological polar surface area (TPSA) is 30.3 Å². The summed E-state index contributed by atoms with van der Waals surface area (Å²) in [5.41, 5.74) is 0.696. The van der Waals surface area contributed by atoms with E-state index in [2.05, 4.69) is 34.7 Å². The largest absolute Gasteiger partial charge is 0.379 e. The average molecular weight is 277 g/mol. The van der Waals surface area contributed by atoms with E-state index in [4.69, 9.17) is 4.74 Å². The molecule has 0 spiro atoms. The van der Waals surface area contributed by atoms with Crippen LogP contribution in [0.4, 0.5) is 0 Å². The molecule has 1 saturated carbocycles. The first-order chi connectivity index (χ1) is 9.60. The molecule has 112 valence electrons. The zero-order valence-corrected chi connectivity index (χ0v) is 12.8. The van der Waals surface area contributed by atoms with Crippen LogP contribution < -0.4 is 0 Å².